The number of carbonyl (C=O) groups is 3. The third-order valence-corrected chi connectivity index (χ3v) is 8.99. The first-order valence-electron chi connectivity index (χ1n) is 12.0. The molecule has 0 saturated heterocycles. The summed E-state index contributed by atoms with van der Waals surface area (Å²) in [6.07, 6.45) is 5.21. The molecule has 0 spiro atoms. The third-order valence-electron chi connectivity index (χ3n) is 8.99. The highest BCUT2D eigenvalue weighted by molar-refractivity contribution is 6.01. The zero-order valence-corrected chi connectivity index (χ0v) is 19.5. The third kappa shape index (κ3) is 3.49. The molecule has 0 aromatic carbocycles. The minimum absolute atomic E-state index is 0.0691. The van der Waals surface area contributed by atoms with E-state index in [2.05, 4.69) is 6.92 Å². The Morgan fingerprint density at radius 2 is 2.00 bits per heavy atom. The van der Waals surface area contributed by atoms with E-state index in [-0.39, 0.29) is 66.6 Å². The smallest absolute Gasteiger partial charge is 0.306 e. The number of Topliss-reactive ketones (excluding diaryl/α,β-unsaturated/α-hetero) is 1. The maximum Gasteiger partial charge on any atom is 0.306 e. The SMILES string of the molecule is CCCC(=O)OCC(=O)[C@H]1[C@H](C)CC2C3C[C@H](F)C4=CC(=O)C=C[C@]4(C)C3[C@@H](O)C[C@@]21C. The van der Waals surface area contributed by atoms with Gasteiger partial charge in [-0.1, -0.05) is 33.8 Å². The molecule has 0 radical (unpaired) electrons. The van der Waals surface area contributed by atoms with E-state index in [0.29, 0.717) is 18.4 Å². The van der Waals surface area contributed by atoms with Crippen molar-refractivity contribution in [2.75, 3.05) is 6.61 Å². The molecule has 0 aromatic heterocycles. The minimum Gasteiger partial charge on any atom is -0.458 e. The van der Waals surface area contributed by atoms with Gasteiger partial charge in [-0.3, -0.25) is 14.4 Å². The van der Waals surface area contributed by atoms with Crippen molar-refractivity contribution in [2.45, 2.75) is 72.1 Å². The topological polar surface area (TPSA) is 80.7 Å². The molecular weight excluding hydrogens is 411 g/mol. The van der Waals surface area contributed by atoms with Gasteiger partial charge in [0, 0.05) is 23.7 Å². The minimum atomic E-state index is -1.23. The van der Waals surface area contributed by atoms with Gasteiger partial charge in [-0.15, -0.1) is 0 Å². The number of alkyl halides is 1. The van der Waals surface area contributed by atoms with Crippen LogP contribution in [0.2, 0.25) is 0 Å². The molecule has 3 fully saturated rings. The average Bonchev–Trinajstić information content (AvgIpc) is 2.97. The van der Waals surface area contributed by atoms with Crippen LogP contribution in [0.15, 0.2) is 23.8 Å². The second-order valence-corrected chi connectivity index (χ2v) is 11.0. The lowest BCUT2D eigenvalue weighted by atomic mass is 9.46. The zero-order valence-electron chi connectivity index (χ0n) is 19.5. The Labute approximate surface area is 189 Å². The lowest BCUT2D eigenvalue weighted by Crippen LogP contribution is -2.58. The Morgan fingerprint density at radius 1 is 1.28 bits per heavy atom. The second kappa shape index (κ2) is 8.19. The van der Waals surface area contributed by atoms with Gasteiger partial charge in [0.05, 0.1) is 6.10 Å². The molecule has 0 aliphatic heterocycles. The Bertz CT molecular complexity index is 877. The van der Waals surface area contributed by atoms with Crippen molar-refractivity contribution >= 4 is 17.5 Å². The van der Waals surface area contributed by atoms with E-state index >= 15 is 4.39 Å². The fraction of sp³-hybridized carbons (Fsp3) is 0.731. The molecule has 3 unspecified atom stereocenters. The second-order valence-electron chi connectivity index (χ2n) is 11.0. The first-order valence-corrected chi connectivity index (χ1v) is 12.0. The van der Waals surface area contributed by atoms with Crippen LogP contribution in [0, 0.1) is 40.4 Å². The summed E-state index contributed by atoms with van der Waals surface area (Å²) in [5.74, 6) is -1.10. The number of rotatable bonds is 5. The summed E-state index contributed by atoms with van der Waals surface area (Å²) in [5.41, 5.74) is -0.687. The molecule has 9 atom stereocenters. The number of ether oxygens (including phenoxy) is 1. The van der Waals surface area contributed by atoms with Crippen molar-refractivity contribution in [2.24, 2.45) is 40.4 Å². The van der Waals surface area contributed by atoms with Crippen molar-refractivity contribution in [1.82, 2.24) is 0 Å². The van der Waals surface area contributed by atoms with E-state index in [1.54, 1.807) is 6.08 Å². The van der Waals surface area contributed by atoms with Crippen molar-refractivity contribution in [3.63, 3.8) is 0 Å². The summed E-state index contributed by atoms with van der Waals surface area (Å²) in [7, 11) is 0. The summed E-state index contributed by atoms with van der Waals surface area (Å²) in [6, 6.07) is 0. The van der Waals surface area contributed by atoms with Crippen LogP contribution in [0.4, 0.5) is 4.39 Å². The lowest BCUT2D eigenvalue weighted by molar-refractivity contribution is -0.155. The molecule has 0 aromatic rings. The number of halogens is 1. The summed E-state index contributed by atoms with van der Waals surface area (Å²) in [5, 5.41) is 11.4. The molecule has 0 heterocycles. The zero-order chi connectivity index (χ0) is 23.4. The fourth-order valence-corrected chi connectivity index (χ4v) is 7.91. The van der Waals surface area contributed by atoms with Crippen molar-refractivity contribution in [3.8, 4) is 0 Å². The van der Waals surface area contributed by atoms with Gasteiger partial charge in [-0.05, 0) is 66.6 Å². The molecule has 0 amide bonds. The van der Waals surface area contributed by atoms with Crippen molar-refractivity contribution < 1.29 is 28.6 Å². The Balaban J connectivity index is 1.62. The molecule has 3 saturated carbocycles. The Morgan fingerprint density at radius 3 is 2.69 bits per heavy atom. The number of fused-ring (bicyclic) bond motifs is 5. The van der Waals surface area contributed by atoms with Gasteiger partial charge in [0.15, 0.2) is 11.6 Å². The number of carbonyl (C=O) groups excluding carboxylic acids is 3. The van der Waals surface area contributed by atoms with Crippen LogP contribution < -0.4 is 0 Å². The Kier molecular flexibility index (Phi) is 5.98. The molecule has 176 valence electrons. The number of hydrogen-bond acceptors (Lipinski definition) is 5. The number of aliphatic hydroxyl groups excluding tert-OH is 1. The van der Waals surface area contributed by atoms with E-state index in [4.69, 9.17) is 4.74 Å². The van der Waals surface area contributed by atoms with Crippen LogP contribution in [0.5, 0.6) is 0 Å². The van der Waals surface area contributed by atoms with Crippen LogP contribution in [0.3, 0.4) is 0 Å². The fourth-order valence-electron chi connectivity index (χ4n) is 7.91. The van der Waals surface area contributed by atoms with Crippen molar-refractivity contribution in [3.05, 3.63) is 23.8 Å². The highest BCUT2D eigenvalue weighted by Gasteiger charge is 2.65. The average molecular weight is 447 g/mol. The summed E-state index contributed by atoms with van der Waals surface area (Å²) in [6.45, 7) is 7.68. The van der Waals surface area contributed by atoms with Gasteiger partial charge in [-0.2, -0.15) is 0 Å². The number of hydrogen-bond donors (Lipinski definition) is 1. The normalized spacial score (nSPS) is 44.9. The molecule has 1 N–H and O–H groups in total. The molecule has 4 rings (SSSR count). The number of ketones is 2. The molecule has 4 aliphatic carbocycles. The number of aliphatic hydroxyl groups is 1. The van der Waals surface area contributed by atoms with Gasteiger partial charge >= 0.3 is 5.97 Å². The predicted molar refractivity (Wildman–Crippen MR) is 117 cm³/mol. The van der Waals surface area contributed by atoms with Crippen LogP contribution in [-0.4, -0.2) is 41.5 Å². The van der Waals surface area contributed by atoms with Gasteiger partial charge in [0.2, 0.25) is 0 Å². The van der Waals surface area contributed by atoms with E-state index in [1.807, 2.05) is 20.8 Å². The quantitative estimate of drug-likeness (QED) is 0.646. The molecule has 0 bridgehead atoms. The first kappa shape index (κ1) is 23.3. The maximum atomic E-state index is 15.4. The van der Waals surface area contributed by atoms with Crippen LogP contribution in [0.25, 0.3) is 0 Å². The van der Waals surface area contributed by atoms with E-state index in [0.717, 1.165) is 6.42 Å². The van der Waals surface area contributed by atoms with Crippen LogP contribution >= 0.6 is 0 Å². The maximum absolute atomic E-state index is 15.4. The van der Waals surface area contributed by atoms with E-state index in [1.165, 1.54) is 12.2 Å². The monoisotopic (exact) mass is 446 g/mol. The highest BCUT2D eigenvalue weighted by Crippen LogP contribution is 2.67. The van der Waals surface area contributed by atoms with E-state index < -0.39 is 23.1 Å². The standard InChI is InChI=1S/C26H35FO5/c1-5-6-22(31)32-13-21(30)23-14(2)9-17-16-11-19(27)18-10-15(28)7-8-25(18,3)24(16)20(29)12-26(17,23)4/h7-8,10,14,16-17,19-20,23-24,29H,5-6,9,11-13H2,1-4H3/t14-,16?,17?,19+,20+,23-,24?,25+,26+/m1/s1. The largest absolute Gasteiger partial charge is 0.458 e. The van der Waals surface area contributed by atoms with Gasteiger partial charge in [0.1, 0.15) is 12.8 Å². The summed E-state index contributed by atoms with van der Waals surface area (Å²) >= 11 is 0. The Hall–Kier alpha value is -1.82. The molecule has 5 nitrogen and oxygen atoms in total. The van der Waals surface area contributed by atoms with Gasteiger partial charge in [0.25, 0.3) is 0 Å². The molecule has 4 aliphatic rings. The number of esters is 1. The molecule has 6 heteroatoms. The predicted octanol–water partition coefficient (Wildman–Crippen LogP) is 3.99. The van der Waals surface area contributed by atoms with Crippen molar-refractivity contribution in [1.29, 1.82) is 0 Å². The van der Waals surface area contributed by atoms with E-state index in [9.17, 15) is 19.5 Å². The summed E-state index contributed by atoms with van der Waals surface area (Å²) in [4.78, 5) is 36.9. The van der Waals surface area contributed by atoms with Gasteiger partial charge < -0.3 is 9.84 Å². The number of allylic oxidation sites excluding steroid dienone is 4. The van der Waals surface area contributed by atoms with Crippen LogP contribution in [-0.2, 0) is 19.1 Å². The first-order chi connectivity index (χ1) is 15.0. The molecular formula is C26H35FO5. The highest BCUT2D eigenvalue weighted by atomic mass is 19.1. The summed E-state index contributed by atoms with van der Waals surface area (Å²) < 4.78 is 20.6. The molecule has 32 heavy (non-hydrogen) atoms. The van der Waals surface area contributed by atoms with Gasteiger partial charge in [-0.25, -0.2) is 4.39 Å². The van der Waals surface area contributed by atoms with Crippen LogP contribution in [0.1, 0.15) is 59.8 Å². The lowest BCUT2D eigenvalue weighted by Gasteiger charge is -2.59.